The van der Waals surface area contributed by atoms with Crippen LogP contribution in [0.1, 0.15) is 53.6 Å². The fraction of sp³-hybridized carbons (Fsp3) is 0.355. The van der Waals surface area contributed by atoms with Crippen LogP contribution in [0, 0.1) is 12.7 Å². The van der Waals surface area contributed by atoms with E-state index in [0.29, 0.717) is 6.10 Å². The van der Waals surface area contributed by atoms with E-state index in [9.17, 15) is 14.0 Å². The van der Waals surface area contributed by atoms with Crippen LogP contribution in [0.3, 0.4) is 0 Å². The number of halogens is 2. The molecule has 7 heteroatoms. The van der Waals surface area contributed by atoms with Crippen molar-refractivity contribution in [2.45, 2.75) is 51.6 Å². The van der Waals surface area contributed by atoms with Crippen LogP contribution in [0.5, 0.6) is 5.75 Å². The lowest BCUT2D eigenvalue weighted by molar-refractivity contribution is -0.114. The fourth-order valence-electron chi connectivity index (χ4n) is 4.57. The van der Waals surface area contributed by atoms with E-state index in [0.717, 1.165) is 33.9 Å². The zero-order valence-electron chi connectivity index (χ0n) is 21.7. The van der Waals surface area contributed by atoms with Crippen LogP contribution in [-0.4, -0.2) is 42.3 Å². The van der Waals surface area contributed by atoms with Crippen LogP contribution < -0.4 is 10.5 Å². The average molecular weight is 537 g/mol. The second kappa shape index (κ2) is 13.0. The van der Waals surface area contributed by atoms with Crippen LogP contribution >= 0.6 is 11.6 Å². The van der Waals surface area contributed by atoms with Gasteiger partial charge in [0.05, 0.1) is 11.1 Å². The van der Waals surface area contributed by atoms with Gasteiger partial charge in [-0.15, -0.1) is 0 Å². The van der Waals surface area contributed by atoms with Crippen molar-refractivity contribution in [1.29, 1.82) is 0 Å². The second-order valence-electron chi connectivity index (χ2n) is 9.96. The number of primary amides is 1. The molecule has 0 spiro atoms. The molecular weight excluding hydrogens is 503 g/mol. The molecule has 200 valence electrons. The van der Waals surface area contributed by atoms with Crippen LogP contribution in [-0.2, 0) is 11.2 Å². The van der Waals surface area contributed by atoms with Gasteiger partial charge in [-0.1, -0.05) is 48.0 Å². The van der Waals surface area contributed by atoms with Gasteiger partial charge in [-0.3, -0.25) is 9.59 Å². The maximum absolute atomic E-state index is 13.0. The maximum Gasteiger partial charge on any atom is 0.289 e. The van der Waals surface area contributed by atoms with E-state index in [-0.39, 0.29) is 11.4 Å². The standard InChI is InChI=1S/C16H22ClNO.C15H12FNO2/c17-15-12-13(4-3-11-18-9-1-2-10-18)5-8-16(15)19-14-6-7-14;1-9-8-12(16)6-7-13(9)10-2-4-11(5-3-10)14(18)15(17)19/h5,8,12,14H,1-4,6-7,9-11H2;2-8H,1H3,(H2,17,19). The minimum absolute atomic E-state index is 0.246. The summed E-state index contributed by atoms with van der Waals surface area (Å²) in [5.41, 5.74) is 9.02. The van der Waals surface area contributed by atoms with Crippen LogP contribution in [0.25, 0.3) is 11.1 Å². The number of ether oxygens (including phenoxy) is 1. The molecule has 2 aliphatic rings. The van der Waals surface area contributed by atoms with Crippen molar-refractivity contribution in [2.75, 3.05) is 19.6 Å². The molecule has 5 rings (SSSR count). The summed E-state index contributed by atoms with van der Waals surface area (Å²) in [6.45, 7) is 5.60. The molecule has 2 N–H and O–H groups in total. The van der Waals surface area contributed by atoms with Crippen molar-refractivity contribution in [2.24, 2.45) is 5.73 Å². The number of likely N-dealkylation sites (tertiary alicyclic amines) is 1. The van der Waals surface area contributed by atoms with Gasteiger partial charge in [0.25, 0.3) is 5.91 Å². The van der Waals surface area contributed by atoms with E-state index < -0.39 is 11.7 Å². The van der Waals surface area contributed by atoms with Gasteiger partial charge < -0.3 is 15.4 Å². The summed E-state index contributed by atoms with van der Waals surface area (Å²) in [6, 6.07) is 17.2. The van der Waals surface area contributed by atoms with Crippen molar-refractivity contribution in [3.05, 3.63) is 88.2 Å². The fourth-order valence-corrected chi connectivity index (χ4v) is 4.82. The lowest BCUT2D eigenvalue weighted by Crippen LogP contribution is -2.22. The van der Waals surface area contributed by atoms with E-state index in [4.69, 9.17) is 22.1 Å². The number of nitrogens with zero attached hydrogens (tertiary/aromatic N) is 1. The first kappa shape index (κ1) is 27.8. The monoisotopic (exact) mass is 536 g/mol. The van der Waals surface area contributed by atoms with Gasteiger partial charge in [-0.2, -0.15) is 0 Å². The first-order valence-electron chi connectivity index (χ1n) is 13.2. The highest BCUT2D eigenvalue weighted by Gasteiger charge is 2.24. The molecule has 1 heterocycles. The molecule has 3 aromatic rings. The Labute approximate surface area is 228 Å². The summed E-state index contributed by atoms with van der Waals surface area (Å²) in [6.07, 6.45) is 7.84. The molecule has 1 saturated carbocycles. The number of aryl methyl sites for hydroxylation is 2. The number of rotatable bonds is 9. The number of nitrogens with two attached hydrogens (primary N) is 1. The zero-order valence-corrected chi connectivity index (χ0v) is 22.5. The molecule has 0 aromatic heterocycles. The largest absolute Gasteiger partial charge is 0.489 e. The number of Topliss-reactive ketones (excluding diaryl/α,β-unsaturated/α-hetero) is 1. The van der Waals surface area contributed by atoms with Crippen LogP contribution in [0.15, 0.2) is 60.7 Å². The Morgan fingerprint density at radius 2 is 1.74 bits per heavy atom. The number of benzene rings is 3. The van der Waals surface area contributed by atoms with Crippen molar-refractivity contribution >= 4 is 23.3 Å². The third kappa shape index (κ3) is 7.89. The summed E-state index contributed by atoms with van der Waals surface area (Å²) in [5.74, 6) is -1.14. The van der Waals surface area contributed by atoms with E-state index in [2.05, 4.69) is 17.0 Å². The Balaban J connectivity index is 0.000000177. The van der Waals surface area contributed by atoms with Crippen molar-refractivity contribution in [1.82, 2.24) is 4.90 Å². The normalized spacial score (nSPS) is 15.0. The number of ketones is 1. The van der Waals surface area contributed by atoms with E-state index in [1.165, 1.54) is 81.6 Å². The molecule has 38 heavy (non-hydrogen) atoms. The first-order valence-corrected chi connectivity index (χ1v) is 13.6. The lowest BCUT2D eigenvalue weighted by Gasteiger charge is -2.14. The molecule has 1 saturated heterocycles. The summed E-state index contributed by atoms with van der Waals surface area (Å²) in [5, 5.41) is 0.769. The predicted octanol–water partition coefficient (Wildman–Crippen LogP) is 6.38. The van der Waals surface area contributed by atoms with Gasteiger partial charge in [0.2, 0.25) is 5.78 Å². The molecule has 1 amide bonds. The smallest absolute Gasteiger partial charge is 0.289 e. The van der Waals surface area contributed by atoms with E-state index in [1.807, 2.05) is 6.07 Å². The average Bonchev–Trinajstić information content (AvgIpc) is 3.57. The first-order chi connectivity index (χ1) is 18.3. The van der Waals surface area contributed by atoms with Gasteiger partial charge in [-0.05, 0) is 112 Å². The Hall–Kier alpha value is -3.22. The van der Waals surface area contributed by atoms with Crippen molar-refractivity contribution < 1.29 is 18.7 Å². The highest BCUT2D eigenvalue weighted by Crippen LogP contribution is 2.32. The topological polar surface area (TPSA) is 72.6 Å². The maximum atomic E-state index is 13.0. The van der Waals surface area contributed by atoms with Gasteiger partial charge >= 0.3 is 0 Å². The SMILES string of the molecule is Cc1cc(F)ccc1-c1ccc(C(=O)C(N)=O)cc1.Clc1cc(CCCN2CCCC2)ccc1OC1CC1. The number of hydrogen-bond acceptors (Lipinski definition) is 4. The number of carbonyl (C=O) groups excluding carboxylic acids is 2. The zero-order chi connectivity index (χ0) is 27.1. The second-order valence-corrected chi connectivity index (χ2v) is 10.4. The Bertz CT molecular complexity index is 1270. The van der Waals surface area contributed by atoms with Crippen molar-refractivity contribution in [3.8, 4) is 16.9 Å². The number of hydrogen-bond donors (Lipinski definition) is 1. The molecule has 1 aliphatic heterocycles. The van der Waals surface area contributed by atoms with E-state index >= 15 is 0 Å². The molecule has 5 nitrogen and oxygen atoms in total. The molecule has 0 atom stereocenters. The third-order valence-electron chi connectivity index (χ3n) is 6.82. The molecule has 0 unspecified atom stereocenters. The van der Waals surface area contributed by atoms with Gasteiger partial charge in [0.15, 0.2) is 0 Å². The minimum atomic E-state index is -0.981. The summed E-state index contributed by atoms with van der Waals surface area (Å²) < 4.78 is 18.8. The van der Waals surface area contributed by atoms with Gasteiger partial charge in [0, 0.05) is 5.56 Å². The molecule has 0 bridgehead atoms. The van der Waals surface area contributed by atoms with Crippen LogP contribution in [0.2, 0.25) is 5.02 Å². The predicted molar refractivity (Wildman–Crippen MR) is 149 cm³/mol. The molecular formula is C31H34ClFN2O3. The summed E-state index contributed by atoms with van der Waals surface area (Å²) in [7, 11) is 0. The number of carbonyl (C=O) groups is 2. The highest BCUT2D eigenvalue weighted by atomic mass is 35.5. The Morgan fingerprint density at radius 1 is 1.03 bits per heavy atom. The highest BCUT2D eigenvalue weighted by molar-refractivity contribution is 6.42. The minimum Gasteiger partial charge on any atom is -0.489 e. The third-order valence-corrected chi connectivity index (χ3v) is 7.12. The van der Waals surface area contributed by atoms with Gasteiger partial charge in [-0.25, -0.2) is 4.39 Å². The Morgan fingerprint density at radius 3 is 2.34 bits per heavy atom. The molecule has 2 fully saturated rings. The number of amides is 1. The molecule has 3 aromatic carbocycles. The quantitative estimate of drug-likeness (QED) is 0.254. The Kier molecular flexibility index (Phi) is 9.53. The lowest BCUT2D eigenvalue weighted by atomic mass is 9.98. The van der Waals surface area contributed by atoms with E-state index in [1.54, 1.807) is 25.1 Å². The molecule has 0 radical (unpaired) electrons. The van der Waals surface area contributed by atoms with Gasteiger partial charge in [0.1, 0.15) is 11.6 Å². The summed E-state index contributed by atoms with van der Waals surface area (Å²) in [4.78, 5) is 24.7. The van der Waals surface area contributed by atoms with Crippen molar-refractivity contribution in [3.63, 3.8) is 0 Å². The summed E-state index contributed by atoms with van der Waals surface area (Å²) >= 11 is 6.27. The molecule has 1 aliphatic carbocycles. The van der Waals surface area contributed by atoms with Crippen LogP contribution in [0.4, 0.5) is 4.39 Å².